The number of benzene rings is 1. The molecule has 0 spiro atoms. The van der Waals surface area contributed by atoms with Gasteiger partial charge in [-0.1, -0.05) is 91.4 Å². The molecule has 1 aromatic carbocycles. The molecule has 0 aliphatic heterocycles. The van der Waals surface area contributed by atoms with Crippen molar-refractivity contribution in [1.29, 1.82) is 0 Å². The van der Waals surface area contributed by atoms with Gasteiger partial charge >= 0.3 is 0 Å². The van der Waals surface area contributed by atoms with E-state index in [1.807, 2.05) is 0 Å². The van der Waals surface area contributed by atoms with E-state index < -0.39 is 0 Å². The summed E-state index contributed by atoms with van der Waals surface area (Å²) in [7, 11) is -0.288. The van der Waals surface area contributed by atoms with Crippen LogP contribution in [0.3, 0.4) is 0 Å². The molecule has 1 unspecified atom stereocenters. The lowest BCUT2D eigenvalue weighted by atomic mass is 9.85. The number of allylic oxidation sites excluding steroid dienone is 4. The second-order valence-electron chi connectivity index (χ2n) is 7.01. The summed E-state index contributed by atoms with van der Waals surface area (Å²) in [6.45, 7) is 4.66. The standard InChI is InChI=1S/C20H28Si/c1-15-12-13-16(2)20(15)21-19-11-7-6-10-18(19)14-17-8-4-3-5-9-17/h6-7,10-13,15,17H,3-5,8-9,14,21H2,1-2H3. The highest BCUT2D eigenvalue weighted by Crippen LogP contribution is 2.27. The van der Waals surface area contributed by atoms with Gasteiger partial charge in [0.25, 0.3) is 0 Å². The van der Waals surface area contributed by atoms with E-state index in [1.165, 1.54) is 38.5 Å². The number of rotatable bonds is 4. The summed E-state index contributed by atoms with van der Waals surface area (Å²) in [5.74, 6) is 1.63. The van der Waals surface area contributed by atoms with Gasteiger partial charge in [-0.2, -0.15) is 0 Å². The minimum atomic E-state index is -0.288. The van der Waals surface area contributed by atoms with E-state index in [0.717, 1.165) is 5.92 Å². The lowest BCUT2D eigenvalue weighted by Crippen LogP contribution is -2.25. The van der Waals surface area contributed by atoms with E-state index in [4.69, 9.17) is 0 Å². The van der Waals surface area contributed by atoms with Gasteiger partial charge in [0.2, 0.25) is 0 Å². The summed E-state index contributed by atoms with van der Waals surface area (Å²) >= 11 is 0. The maximum absolute atomic E-state index is 2.41. The molecule has 0 bridgehead atoms. The molecule has 1 atom stereocenters. The number of hydrogen-bond donors (Lipinski definition) is 0. The van der Waals surface area contributed by atoms with Crippen molar-refractivity contribution >= 4 is 14.7 Å². The van der Waals surface area contributed by atoms with E-state index in [1.54, 1.807) is 21.5 Å². The van der Waals surface area contributed by atoms with E-state index in [2.05, 4.69) is 50.3 Å². The van der Waals surface area contributed by atoms with Crippen LogP contribution in [0.5, 0.6) is 0 Å². The molecule has 0 heterocycles. The Kier molecular flexibility index (Phi) is 4.79. The molecule has 0 N–H and O–H groups in total. The molecule has 0 saturated heterocycles. The Balaban J connectivity index is 1.75. The molecule has 2 aliphatic rings. The predicted molar refractivity (Wildman–Crippen MR) is 95.9 cm³/mol. The summed E-state index contributed by atoms with van der Waals surface area (Å²) in [6, 6.07) is 9.30. The van der Waals surface area contributed by atoms with Gasteiger partial charge in [-0.15, -0.1) is 0 Å². The molecule has 2 aliphatic carbocycles. The van der Waals surface area contributed by atoms with Crippen molar-refractivity contribution in [2.24, 2.45) is 11.8 Å². The lowest BCUT2D eigenvalue weighted by Gasteiger charge is -2.23. The molecule has 21 heavy (non-hydrogen) atoms. The summed E-state index contributed by atoms with van der Waals surface area (Å²) in [6.07, 6.45) is 13.3. The fraction of sp³-hybridized carbons (Fsp3) is 0.500. The maximum Gasteiger partial charge on any atom is 0.0838 e. The fourth-order valence-corrected chi connectivity index (χ4v) is 6.02. The first-order chi connectivity index (χ1) is 10.2. The molecule has 1 aromatic rings. The second kappa shape index (κ2) is 6.78. The third-order valence-corrected chi connectivity index (χ3v) is 8.08. The van der Waals surface area contributed by atoms with Crippen LogP contribution >= 0.6 is 0 Å². The van der Waals surface area contributed by atoms with Crippen molar-refractivity contribution in [2.75, 3.05) is 0 Å². The van der Waals surface area contributed by atoms with Crippen LogP contribution in [-0.4, -0.2) is 9.52 Å². The highest BCUT2D eigenvalue weighted by Gasteiger charge is 2.18. The van der Waals surface area contributed by atoms with Crippen LogP contribution in [0, 0.1) is 11.8 Å². The van der Waals surface area contributed by atoms with Crippen molar-refractivity contribution < 1.29 is 0 Å². The molecular weight excluding hydrogens is 268 g/mol. The Hall–Kier alpha value is -1.08. The Morgan fingerprint density at radius 1 is 1.10 bits per heavy atom. The summed E-state index contributed by atoms with van der Waals surface area (Å²) in [5, 5.41) is 3.46. The lowest BCUT2D eigenvalue weighted by molar-refractivity contribution is 0.357. The molecule has 0 radical (unpaired) electrons. The fourth-order valence-electron chi connectivity index (χ4n) is 4.01. The van der Waals surface area contributed by atoms with Crippen LogP contribution in [-0.2, 0) is 6.42 Å². The highest BCUT2D eigenvalue weighted by molar-refractivity contribution is 6.62. The van der Waals surface area contributed by atoms with Gasteiger partial charge in [-0.05, 0) is 30.7 Å². The van der Waals surface area contributed by atoms with Gasteiger partial charge in [0.15, 0.2) is 0 Å². The average Bonchev–Trinajstić information content (AvgIpc) is 2.82. The molecule has 1 heteroatoms. The smallest absolute Gasteiger partial charge is 0.0778 e. The Bertz CT molecular complexity index is 547. The molecule has 112 valence electrons. The summed E-state index contributed by atoms with van der Waals surface area (Å²) in [4.78, 5) is 0. The van der Waals surface area contributed by atoms with E-state index in [0.29, 0.717) is 5.92 Å². The zero-order valence-corrected chi connectivity index (χ0v) is 15.0. The summed E-state index contributed by atoms with van der Waals surface area (Å²) < 4.78 is 0. The van der Waals surface area contributed by atoms with Crippen molar-refractivity contribution in [3.63, 3.8) is 0 Å². The monoisotopic (exact) mass is 296 g/mol. The SMILES string of the molecule is CC1=C([SiH2]c2ccccc2CC2CCCCC2)C(C)C=C1. The molecule has 3 rings (SSSR count). The minimum Gasteiger partial charge on any atom is -0.0778 e. The minimum absolute atomic E-state index is 0.288. The first-order valence-corrected chi connectivity index (χ1v) is 10.1. The van der Waals surface area contributed by atoms with Crippen molar-refractivity contribution in [1.82, 2.24) is 0 Å². The zero-order chi connectivity index (χ0) is 14.7. The van der Waals surface area contributed by atoms with Crippen LogP contribution in [0.25, 0.3) is 0 Å². The average molecular weight is 297 g/mol. The van der Waals surface area contributed by atoms with Crippen molar-refractivity contribution in [3.8, 4) is 0 Å². The maximum atomic E-state index is 2.41. The van der Waals surface area contributed by atoms with Crippen molar-refractivity contribution in [2.45, 2.75) is 52.4 Å². The Labute approximate surface area is 132 Å². The van der Waals surface area contributed by atoms with Gasteiger partial charge in [0, 0.05) is 0 Å². The molecule has 0 aromatic heterocycles. The van der Waals surface area contributed by atoms with Gasteiger partial charge in [0.1, 0.15) is 0 Å². The molecule has 0 amide bonds. The summed E-state index contributed by atoms with van der Waals surface area (Å²) in [5.41, 5.74) is 3.21. The topological polar surface area (TPSA) is 0 Å². The largest absolute Gasteiger partial charge is 0.0838 e. The number of hydrogen-bond acceptors (Lipinski definition) is 0. The third kappa shape index (κ3) is 3.57. The van der Waals surface area contributed by atoms with Crippen LogP contribution in [0.1, 0.15) is 51.5 Å². The van der Waals surface area contributed by atoms with E-state index in [9.17, 15) is 0 Å². The highest BCUT2D eigenvalue weighted by atomic mass is 28.2. The predicted octanol–water partition coefficient (Wildman–Crippen LogP) is 4.08. The van der Waals surface area contributed by atoms with Crippen molar-refractivity contribution in [3.05, 3.63) is 52.8 Å². The normalized spacial score (nSPS) is 23.6. The van der Waals surface area contributed by atoms with Crippen LogP contribution in [0.2, 0.25) is 0 Å². The van der Waals surface area contributed by atoms with Gasteiger partial charge in [-0.3, -0.25) is 0 Å². The van der Waals surface area contributed by atoms with Crippen LogP contribution in [0.4, 0.5) is 0 Å². The van der Waals surface area contributed by atoms with E-state index in [-0.39, 0.29) is 9.52 Å². The third-order valence-electron chi connectivity index (χ3n) is 5.42. The zero-order valence-electron chi connectivity index (χ0n) is 13.6. The first-order valence-electron chi connectivity index (χ1n) is 8.68. The molecule has 1 saturated carbocycles. The van der Waals surface area contributed by atoms with E-state index >= 15 is 0 Å². The molecular formula is C20H28Si. The van der Waals surface area contributed by atoms with Gasteiger partial charge < -0.3 is 0 Å². The Morgan fingerprint density at radius 2 is 1.86 bits per heavy atom. The first kappa shape index (κ1) is 14.8. The van der Waals surface area contributed by atoms with Gasteiger partial charge in [0.05, 0.1) is 9.52 Å². The second-order valence-corrected chi connectivity index (χ2v) is 8.89. The molecule has 0 nitrogen and oxygen atoms in total. The quantitative estimate of drug-likeness (QED) is 0.734. The molecule has 1 fully saturated rings. The Morgan fingerprint density at radius 3 is 2.57 bits per heavy atom. The van der Waals surface area contributed by atoms with Crippen LogP contribution < -0.4 is 5.19 Å². The van der Waals surface area contributed by atoms with Gasteiger partial charge in [-0.25, -0.2) is 0 Å². The van der Waals surface area contributed by atoms with Crippen LogP contribution in [0.15, 0.2) is 47.2 Å².